The summed E-state index contributed by atoms with van der Waals surface area (Å²) in [5.41, 5.74) is 0. The van der Waals surface area contributed by atoms with Gasteiger partial charge in [0.1, 0.15) is 12.2 Å². The average molecular weight is 492 g/mol. The van der Waals surface area contributed by atoms with Crippen LogP contribution in [-0.2, 0) is 17.7 Å². The SMILES string of the molecule is CCOCCCNC(=NCC1CCCCC1)NCCn1cnnc1CC.I. The van der Waals surface area contributed by atoms with Crippen molar-refractivity contribution in [1.29, 1.82) is 0 Å². The molecule has 1 aliphatic rings. The van der Waals surface area contributed by atoms with E-state index in [0.717, 1.165) is 69.9 Å². The molecule has 0 aliphatic heterocycles. The van der Waals surface area contributed by atoms with E-state index >= 15 is 0 Å². The minimum atomic E-state index is 0. The van der Waals surface area contributed by atoms with E-state index in [4.69, 9.17) is 9.73 Å². The molecule has 1 fully saturated rings. The molecule has 1 aromatic heterocycles. The quantitative estimate of drug-likeness (QED) is 0.215. The minimum absolute atomic E-state index is 0. The Labute approximate surface area is 181 Å². The highest BCUT2D eigenvalue weighted by Crippen LogP contribution is 2.23. The van der Waals surface area contributed by atoms with Crippen molar-refractivity contribution in [3.63, 3.8) is 0 Å². The van der Waals surface area contributed by atoms with Gasteiger partial charge in [0.05, 0.1) is 0 Å². The Kier molecular flexibility index (Phi) is 13.5. The lowest BCUT2D eigenvalue weighted by molar-refractivity contribution is 0.145. The summed E-state index contributed by atoms with van der Waals surface area (Å²) in [6.45, 7) is 9.16. The van der Waals surface area contributed by atoms with E-state index in [1.54, 1.807) is 6.33 Å². The molecule has 27 heavy (non-hydrogen) atoms. The lowest BCUT2D eigenvalue weighted by Gasteiger charge is -2.20. The molecule has 0 unspecified atom stereocenters. The van der Waals surface area contributed by atoms with Gasteiger partial charge in [-0.05, 0) is 32.1 Å². The monoisotopic (exact) mass is 492 g/mol. The third-order valence-corrected chi connectivity index (χ3v) is 4.85. The summed E-state index contributed by atoms with van der Waals surface area (Å²) in [6, 6.07) is 0. The smallest absolute Gasteiger partial charge is 0.191 e. The summed E-state index contributed by atoms with van der Waals surface area (Å²) in [7, 11) is 0. The first-order chi connectivity index (χ1) is 12.8. The molecular weight excluding hydrogens is 455 g/mol. The number of nitrogens with one attached hydrogen (secondary N) is 2. The van der Waals surface area contributed by atoms with Crippen molar-refractivity contribution >= 4 is 29.9 Å². The third kappa shape index (κ3) is 9.73. The number of nitrogens with zero attached hydrogens (tertiary/aromatic N) is 4. The highest BCUT2D eigenvalue weighted by molar-refractivity contribution is 14.0. The van der Waals surface area contributed by atoms with Gasteiger partial charge in [-0.1, -0.05) is 26.2 Å². The summed E-state index contributed by atoms with van der Waals surface area (Å²) in [5.74, 6) is 2.69. The highest BCUT2D eigenvalue weighted by atomic mass is 127. The maximum atomic E-state index is 5.41. The van der Waals surface area contributed by atoms with Crippen molar-refractivity contribution in [2.45, 2.75) is 65.3 Å². The van der Waals surface area contributed by atoms with E-state index in [9.17, 15) is 0 Å². The average Bonchev–Trinajstić information content (AvgIpc) is 3.13. The van der Waals surface area contributed by atoms with Crippen LogP contribution in [0.25, 0.3) is 0 Å². The van der Waals surface area contributed by atoms with Gasteiger partial charge < -0.3 is 19.9 Å². The second kappa shape index (κ2) is 15.1. The molecule has 156 valence electrons. The molecule has 0 amide bonds. The van der Waals surface area contributed by atoms with E-state index in [2.05, 4.69) is 32.3 Å². The first-order valence-corrected chi connectivity index (χ1v) is 10.3. The van der Waals surface area contributed by atoms with E-state index in [1.807, 2.05) is 6.92 Å². The van der Waals surface area contributed by atoms with E-state index < -0.39 is 0 Å². The number of guanidine groups is 1. The van der Waals surface area contributed by atoms with Crippen LogP contribution in [-0.4, -0.2) is 53.6 Å². The zero-order valence-electron chi connectivity index (χ0n) is 17.0. The molecule has 8 heteroatoms. The Hall–Kier alpha value is -0.900. The first kappa shape index (κ1) is 24.1. The fraction of sp³-hybridized carbons (Fsp3) is 0.842. The maximum absolute atomic E-state index is 5.41. The van der Waals surface area contributed by atoms with Gasteiger partial charge in [-0.3, -0.25) is 4.99 Å². The third-order valence-electron chi connectivity index (χ3n) is 4.85. The van der Waals surface area contributed by atoms with Crippen LogP contribution in [0.1, 0.15) is 58.2 Å². The van der Waals surface area contributed by atoms with Crippen LogP contribution in [0.2, 0.25) is 0 Å². The van der Waals surface area contributed by atoms with Gasteiger partial charge in [0, 0.05) is 45.8 Å². The molecule has 2 rings (SSSR count). The molecule has 0 saturated heterocycles. The fourth-order valence-electron chi connectivity index (χ4n) is 3.32. The van der Waals surface area contributed by atoms with Crippen molar-refractivity contribution in [2.24, 2.45) is 10.9 Å². The number of aliphatic imine (C=N–C) groups is 1. The topological polar surface area (TPSA) is 76.4 Å². The predicted octanol–water partition coefficient (Wildman–Crippen LogP) is 3.00. The number of aryl methyl sites for hydroxylation is 1. The van der Waals surface area contributed by atoms with Crippen LogP contribution >= 0.6 is 24.0 Å². The molecule has 1 aromatic rings. The molecule has 1 aliphatic carbocycles. The number of hydrogen-bond acceptors (Lipinski definition) is 4. The van der Waals surface area contributed by atoms with Gasteiger partial charge in [-0.15, -0.1) is 34.2 Å². The standard InChI is InChI=1S/C19H36N6O.HI/c1-3-18-24-23-16-25(18)13-12-21-19(20-11-8-14-26-4-2)22-15-17-9-6-5-7-10-17;/h16-17H,3-15H2,1-2H3,(H2,20,21,22);1H. The summed E-state index contributed by atoms with van der Waals surface area (Å²) >= 11 is 0. The molecule has 7 nitrogen and oxygen atoms in total. The molecule has 0 radical (unpaired) electrons. The Bertz CT molecular complexity index is 516. The van der Waals surface area contributed by atoms with Crippen LogP contribution in [0.4, 0.5) is 0 Å². The molecule has 0 bridgehead atoms. The van der Waals surface area contributed by atoms with Crippen LogP contribution in [0.5, 0.6) is 0 Å². The van der Waals surface area contributed by atoms with Gasteiger partial charge in [-0.25, -0.2) is 0 Å². The van der Waals surface area contributed by atoms with Gasteiger partial charge in [0.2, 0.25) is 0 Å². The van der Waals surface area contributed by atoms with Crippen LogP contribution in [0, 0.1) is 5.92 Å². The maximum Gasteiger partial charge on any atom is 0.191 e. The Morgan fingerprint density at radius 3 is 2.74 bits per heavy atom. The minimum Gasteiger partial charge on any atom is -0.382 e. The second-order valence-corrected chi connectivity index (χ2v) is 6.89. The van der Waals surface area contributed by atoms with E-state index in [0.29, 0.717) is 0 Å². The highest BCUT2D eigenvalue weighted by Gasteiger charge is 2.13. The van der Waals surface area contributed by atoms with Gasteiger partial charge in [0.25, 0.3) is 0 Å². The predicted molar refractivity (Wildman–Crippen MR) is 121 cm³/mol. The summed E-state index contributed by atoms with van der Waals surface area (Å²) in [6.07, 6.45) is 10.4. The number of ether oxygens (including phenoxy) is 1. The summed E-state index contributed by atoms with van der Waals surface area (Å²) in [5, 5.41) is 15.0. The second-order valence-electron chi connectivity index (χ2n) is 6.89. The number of hydrogen-bond donors (Lipinski definition) is 2. The summed E-state index contributed by atoms with van der Waals surface area (Å²) in [4.78, 5) is 4.84. The molecule has 1 saturated carbocycles. The van der Waals surface area contributed by atoms with Crippen molar-refractivity contribution < 1.29 is 4.74 Å². The Balaban J connectivity index is 0.00000364. The number of halogens is 1. The molecule has 0 atom stereocenters. The summed E-state index contributed by atoms with van der Waals surface area (Å²) < 4.78 is 7.51. The molecule has 0 aromatic carbocycles. The van der Waals surface area contributed by atoms with Crippen molar-refractivity contribution in [3.8, 4) is 0 Å². The van der Waals surface area contributed by atoms with Gasteiger partial charge in [-0.2, -0.15) is 0 Å². The number of rotatable bonds is 11. The van der Waals surface area contributed by atoms with Crippen LogP contribution in [0.15, 0.2) is 11.3 Å². The molecular formula is C19H37IN6O. The fourth-order valence-corrected chi connectivity index (χ4v) is 3.32. The Morgan fingerprint density at radius 1 is 1.22 bits per heavy atom. The van der Waals surface area contributed by atoms with Gasteiger partial charge in [0.15, 0.2) is 5.96 Å². The van der Waals surface area contributed by atoms with Crippen LogP contribution in [0.3, 0.4) is 0 Å². The van der Waals surface area contributed by atoms with Gasteiger partial charge >= 0.3 is 0 Å². The normalized spacial score (nSPS) is 15.4. The Morgan fingerprint density at radius 2 is 2.00 bits per heavy atom. The zero-order valence-corrected chi connectivity index (χ0v) is 19.3. The van der Waals surface area contributed by atoms with Crippen molar-refractivity contribution in [3.05, 3.63) is 12.2 Å². The van der Waals surface area contributed by atoms with Crippen molar-refractivity contribution in [1.82, 2.24) is 25.4 Å². The lowest BCUT2D eigenvalue weighted by Crippen LogP contribution is -2.40. The van der Waals surface area contributed by atoms with E-state index in [-0.39, 0.29) is 24.0 Å². The van der Waals surface area contributed by atoms with Crippen LogP contribution < -0.4 is 10.6 Å². The largest absolute Gasteiger partial charge is 0.382 e. The number of aromatic nitrogens is 3. The first-order valence-electron chi connectivity index (χ1n) is 10.3. The molecule has 0 spiro atoms. The van der Waals surface area contributed by atoms with Crippen molar-refractivity contribution in [2.75, 3.05) is 32.8 Å². The van der Waals surface area contributed by atoms with E-state index in [1.165, 1.54) is 32.1 Å². The molecule has 2 N–H and O–H groups in total. The molecule has 1 heterocycles. The zero-order chi connectivity index (χ0) is 18.5. The lowest BCUT2D eigenvalue weighted by atomic mass is 9.89.